The van der Waals surface area contributed by atoms with Gasteiger partial charge in [-0.2, -0.15) is 9.40 Å². The van der Waals surface area contributed by atoms with E-state index >= 15 is 0 Å². The van der Waals surface area contributed by atoms with Gasteiger partial charge in [0.15, 0.2) is 9.84 Å². The smallest absolute Gasteiger partial charge is 0.243 e. The second-order valence-corrected chi connectivity index (χ2v) is 10.6. The van der Waals surface area contributed by atoms with Crippen LogP contribution < -0.4 is 5.32 Å². The number of fused-ring (bicyclic) bond motifs is 1. The molecule has 3 heterocycles. The Morgan fingerprint density at radius 1 is 1.31 bits per heavy atom. The molecule has 8 nitrogen and oxygen atoms in total. The second-order valence-electron chi connectivity index (χ2n) is 6.62. The number of benzene rings is 1. The predicted molar refractivity (Wildman–Crippen MR) is 94.9 cm³/mol. The van der Waals surface area contributed by atoms with Crippen LogP contribution in [0.2, 0.25) is 0 Å². The van der Waals surface area contributed by atoms with Gasteiger partial charge in [0.25, 0.3) is 0 Å². The summed E-state index contributed by atoms with van der Waals surface area (Å²) in [6, 6.07) is 4.06. The third-order valence-corrected chi connectivity index (χ3v) is 8.62. The summed E-state index contributed by atoms with van der Waals surface area (Å²) in [5.41, 5.74) is 1.49. The fraction of sp³-hybridized carbons (Fsp3) is 0.438. The molecule has 2 aliphatic rings. The number of sulfonamides is 1. The number of aryl methyl sites for hydroxylation is 2. The van der Waals surface area contributed by atoms with E-state index in [2.05, 4.69) is 10.4 Å². The normalized spacial score (nSPS) is 23.0. The molecule has 4 rings (SSSR count). The van der Waals surface area contributed by atoms with Crippen LogP contribution >= 0.6 is 0 Å². The van der Waals surface area contributed by atoms with Gasteiger partial charge >= 0.3 is 0 Å². The molecule has 1 aromatic heterocycles. The third-order valence-electron chi connectivity index (χ3n) is 4.92. The van der Waals surface area contributed by atoms with Gasteiger partial charge in [0.05, 0.1) is 27.8 Å². The molecule has 0 spiro atoms. The summed E-state index contributed by atoms with van der Waals surface area (Å²) in [4.78, 5) is 0.171. The van der Waals surface area contributed by atoms with E-state index in [1.807, 2.05) is 0 Å². The topological polar surface area (TPSA) is 101 Å². The molecule has 0 aliphatic carbocycles. The standard InChI is InChI=1S/C16H20N4O4S2/c1-19-11-13(9-18-19)15-10-17-5-6-20(15)26(23,24)14-3-2-12-4-7-25(21,22)16(12)8-14/h2-3,8-9,11,15,17H,4-7,10H2,1H3. The highest BCUT2D eigenvalue weighted by Gasteiger charge is 2.36. The monoisotopic (exact) mass is 396 g/mol. The van der Waals surface area contributed by atoms with E-state index in [4.69, 9.17) is 0 Å². The molecule has 0 bridgehead atoms. The third kappa shape index (κ3) is 2.86. The van der Waals surface area contributed by atoms with Gasteiger partial charge in [-0.15, -0.1) is 0 Å². The molecular formula is C16H20N4O4S2. The van der Waals surface area contributed by atoms with Crippen molar-refractivity contribution in [3.8, 4) is 0 Å². The van der Waals surface area contributed by atoms with Crippen LogP contribution in [0.5, 0.6) is 0 Å². The van der Waals surface area contributed by atoms with Gasteiger partial charge in [0, 0.05) is 38.4 Å². The lowest BCUT2D eigenvalue weighted by molar-refractivity contribution is 0.271. The molecule has 26 heavy (non-hydrogen) atoms. The Hall–Kier alpha value is -1.75. The van der Waals surface area contributed by atoms with Crippen LogP contribution in [-0.2, 0) is 33.3 Å². The molecule has 0 radical (unpaired) electrons. The van der Waals surface area contributed by atoms with Gasteiger partial charge in [0.1, 0.15) is 0 Å². The van der Waals surface area contributed by atoms with E-state index in [-0.39, 0.29) is 21.6 Å². The first-order valence-electron chi connectivity index (χ1n) is 8.36. The van der Waals surface area contributed by atoms with E-state index < -0.39 is 19.9 Å². The van der Waals surface area contributed by atoms with E-state index in [1.54, 1.807) is 30.2 Å². The molecule has 1 unspecified atom stereocenters. The van der Waals surface area contributed by atoms with Crippen molar-refractivity contribution in [1.82, 2.24) is 19.4 Å². The van der Waals surface area contributed by atoms with Crippen LogP contribution in [0.4, 0.5) is 0 Å². The zero-order chi connectivity index (χ0) is 18.5. The molecule has 2 aromatic rings. The fourth-order valence-corrected chi connectivity index (χ4v) is 6.85. The highest BCUT2D eigenvalue weighted by molar-refractivity contribution is 7.92. The first kappa shape index (κ1) is 17.7. The maximum Gasteiger partial charge on any atom is 0.243 e. The number of hydrogen-bond donors (Lipinski definition) is 1. The minimum Gasteiger partial charge on any atom is -0.313 e. The highest BCUT2D eigenvalue weighted by atomic mass is 32.2. The molecule has 0 saturated carbocycles. The summed E-state index contributed by atoms with van der Waals surface area (Å²) in [6.45, 7) is 1.33. The maximum absolute atomic E-state index is 13.3. The molecule has 0 amide bonds. The number of nitrogens with zero attached hydrogens (tertiary/aromatic N) is 3. The van der Waals surface area contributed by atoms with Gasteiger partial charge in [-0.3, -0.25) is 4.68 Å². The summed E-state index contributed by atoms with van der Waals surface area (Å²) in [7, 11) is -5.44. The molecule has 1 N–H and O–H groups in total. The lowest BCUT2D eigenvalue weighted by Crippen LogP contribution is -2.48. The van der Waals surface area contributed by atoms with Crippen LogP contribution in [0, 0.1) is 0 Å². The number of sulfone groups is 1. The Morgan fingerprint density at radius 3 is 2.85 bits per heavy atom. The Kier molecular flexibility index (Phi) is 4.18. The van der Waals surface area contributed by atoms with Gasteiger partial charge < -0.3 is 5.32 Å². The predicted octanol–water partition coefficient (Wildman–Crippen LogP) is 0.0851. The first-order chi connectivity index (χ1) is 12.3. The van der Waals surface area contributed by atoms with Gasteiger partial charge in [0.2, 0.25) is 10.0 Å². The maximum atomic E-state index is 13.3. The van der Waals surface area contributed by atoms with Crippen molar-refractivity contribution in [2.45, 2.75) is 22.3 Å². The molecule has 1 fully saturated rings. The minimum absolute atomic E-state index is 0.0255. The quantitative estimate of drug-likeness (QED) is 0.789. The van der Waals surface area contributed by atoms with Gasteiger partial charge in [-0.05, 0) is 24.1 Å². The molecule has 2 aliphatic heterocycles. The minimum atomic E-state index is -3.83. The molecule has 1 atom stereocenters. The zero-order valence-electron chi connectivity index (χ0n) is 14.3. The Balaban J connectivity index is 1.76. The van der Waals surface area contributed by atoms with E-state index in [0.29, 0.717) is 31.6 Å². The Labute approximate surface area is 152 Å². The average Bonchev–Trinajstić information content (AvgIpc) is 3.18. The van der Waals surface area contributed by atoms with Crippen molar-refractivity contribution in [3.05, 3.63) is 41.7 Å². The van der Waals surface area contributed by atoms with Crippen molar-refractivity contribution in [1.29, 1.82) is 0 Å². The summed E-state index contributed by atoms with van der Waals surface area (Å²) in [5, 5.41) is 7.35. The summed E-state index contributed by atoms with van der Waals surface area (Å²) in [6.07, 6.45) is 3.89. The number of nitrogens with one attached hydrogen (secondary N) is 1. The number of rotatable bonds is 3. The number of piperazine rings is 1. The molecule has 140 valence electrons. The summed E-state index contributed by atoms with van der Waals surface area (Å²) in [5.74, 6) is 0.0395. The second kappa shape index (κ2) is 6.15. The van der Waals surface area contributed by atoms with Crippen molar-refractivity contribution in [3.63, 3.8) is 0 Å². The van der Waals surface area contributed by atoms with Crippen molar-refractivity contribution in [2.75, 3.05) is 25.4 Å². The van der Waals surface area contributed by atoms with Crippen molar-refractivity contribution < 1.29 is 16.8 Å². The number of aromatic nitrogens is 2. The lowest BCUT2D eigenvalue weighted by atomic mass is 10.1. The molecular weight excluding hydrogens is 376 g/mol. The molecule has 1 aromatic carbocycles. The highest BCUT2D eigenvalue weighted by Crippen LogP contribution is 2.32. The number of hydrogen-bond acceptors (Lipinski definition) is 6. The van der Waals surface area contributed by atoms with Crippen LogP contribution in [0.1, 0.15) is 17.2 Å². The van der Waals surface area contributed by atoms with Gasteiger partial charge in [-0.1, -0.05) is 6.07 Å². The SMILES string of the molecule is Cn1cc(C2CNCCN2S(=O)(=O)c2ccc3c(c2)S(=O)(=O)CC3)cn1. The lowest BCUT2D eigenvalue weighted by Gasteiger charge is -2.34. The van der Waals surface area contributed by atoms with Crippen LogP contribution in [0.3, 0.4) is 0 Å². The average molecular weight is 396 g/mol. The first-order valence-corrected chi connectivity index (χ1v) is 11.4. The summed E-state index contributed by atoms with van der Waals surface area (Å²) >= 11 is 0. The Morgan fingerprint density at radius 2 is 2.12 bits per heavy atom. The van der Waals surface area contributed by atoms with Gasteiger partial charge in [-0.25, -0.2) is 16.8 Å². The van der Waals surface area contributed by atoms with Crippen molar-refractivity contribution >= 4 is 19.9 Å². The zero-order valence-corrected chi connectivity index (χ0v) is 15.9. The van der Waals surface area contributed by atoms with E-state index in [0.717, 1.165) is 5.56 Å². The van der Waals surface area contributed by atoms with E-state index in [1.165, 1.54) is 16.4 Å². The molecule has 1 saturated heterocycles. The van der Waals surface area contributed by atoms with Crippen molar-refractivity contribution in [2.24, 2.45) is 7.05 Å². The van der Waals surface area contributed by atoms with Crippen LogP contribution in [0.25, 0.3) is 0 Å². The summed E-state index contributed by atoms with van der Waals surface area (Å²) < 4.78 is 53.9. The largest absolute Gasteiger partial charge is 0.313 e. The van der Waals surface area contributed by atoms with Crippen LogP contribution in [0.15, 0.2) is 40.4 Å². The van der Waals surface area contributed by atoms with E-state index in [9.17, 15) is 16.8 Å². The van der Waals surface area contributed by atoms with Crippen LogP contribution in [-0.4, -0.2) is 56.3 Å². The molecule has 10 heteroatoms. The Bertz CT molecular complexity index is 1060. The fourth-order valence-electron chi connectivity index (χ4n) is 3.55.